The molecule has 9 heteroatoms. The van der Waals surface area contributed by atoms with Crippen molar-refractivity contribution >= 4 is 39.1 Å². The summed E-state index contributed by atoms with van der Waals surface area (Å²) in [6.45, 7) is 8.70. The lowest BCUT2D eigenvalue weighted by molar-refractivity contribution is -0.139. The molecule has 3 aromatic carbocycles. The van der Waals surface area contributed by atoms with Crippen molar-refractivity contribution < 1.29 is 18.0 Å². The largest absolute Gasteiger partial charge is 0.352 e. The topological polar surface area (TPSA) is 86.8 Å². The Morgan fingerprint density at radius 3 is 2.13 bits per heavy atom. The minimum atomic E-state index is -4.13. The first kappa shape index (κ1) is 29.2. The predicted octanol–water partition coefficient (Wildman–Crippen LogP) is 5.09. The summed E-state index contributed by atoms with van der Waals surface area (Å²) in [5.41, 5.74) is 2.86. The van der Waals surface area contributed by atoms with Crippen molar-refractivity contribution in [3.05, 3.63) is 94.5 Å². The van der Waals surface area contributed by atoms with Crippen LogP contribution in [0.2, 0.25) is 5.02 Å². The van der Waals surface area contributed by atoms with Crippen molar-refractivity contribution in [2.45, 2.75) is 58.1 Å². The molecule has 0 aliphatic heterocycles. The molecule has 0 aliphatic rings. The molecule has 0 saturated carbocycles. The zero-order valence-corrected chi connectivity index (χ0v) is 23.9. The molecule has 3 rings (SSSR count). The average Bonchev–Trinajstić information content (AvgIpc) is 2.88. The Kier molecular flexibility index (Phi) is 9.57. The highest BCUT2D eigenvalue weighted by molar-refractivity contribution is 7.92. The van der Waals surface area contributed by atoms with E-state index in [1.54, 1.807) is 37.3 Å². The number of rotatable bonds is 10. The van der Waals surface area contributed by atoms with Crippen LogP contribution in [0.25, 0.3) is 0 Å². The fourth-order valence-corrected chi connectivity index (χ4v) is 5.55. The Morgan fingerprint density at radius 1 is 0.895 bits per heavy atom. The van der Waals surface area contributed by atoms with E-state index in [9.17, 15) is 18.0 Å². The van der Waals surface area contributed by atoms with E-state index in [-0.39, 0.29) is 29.1 Å². The quantitative estimate of drug-likeness (QED) is 0.377. The van der Waals surface area contributed by atoms with Crippen LogP contribution in [0.3, 0.4) is 0 Å². The first-order valence-corrected chi connectivity index (χ1v) is 14.2. The van der Waals surface area contributed by atoms with Crippen LogP contribution >= 0.6 is 11.6 Å². The Balaban J connectivity index is 2.06. The Labute approximate surface area is 230 Å². The second-order valence-corrected chi connectivity index (χ2v) is 11.8. The van der Waals surface area contributed by atoms with Crippen LogP contribution in [0.1, 0.15) is 37.5 Å². The number of nitrogens with one attached hydrogen (secondary N) is 1. The predicted molar refractivity (Wildman–Crippen MR) is 152 cm³/mol. The van der Waals surface area contributed by atoms with E-state index in [0.717, 1.165) is 21.0 Å². The summed E-state index contributed by atoms with van der Waals surface area (Å²) in [4.78, 5) is 28.3. The third-order valence-electron chi connectivity index (χ3n) is 6.25. The number of halogens is 1. The van der Waals surface area contributed by atoms with E-state index in [1.165, 1.54) is 23.1 Å². The summed E-state index contributed by atoms with van der Waals surface area (Å²) in [7, 11) is -4.13. The fraction of sp³-hybridized carbons (Fsp3) is 0.310. The maximum Gasteiger partial charge on any atom is 0.264 e. The van der Waals surface area contributed by atoms with E-state index in [0.29, 0.717) is 5.02 Å². The van der Waals surface area contributed by atoms with Crippen LogP contribution in [-0.2, 0) is 26.2 Å². The van der Waals surface area contributed by atoms with Gasteiger partial charge in [-0.1, -0.05) is 60.1 Å². The number of anilines is 1. The van der Waals surface area contributed by atoms with Gasteiger partial charge in [0.1, 0.15) is 12.6 Å². The zero-order chi connectivity index (χ0) is 28.0. The molecule has 2 amide bonds. The van der Waals surface area contributed by atoms with Gasteiger partial charge in [-0.15, -0.1) is 0 Å². The first-order chi connectivity index (χ1) is 17.9. The van der Waals surface area contributed by atoms with Gasteiger partial charge in [0.2, 0.25) is 11.8 Å². The second-order valence-electron chi connectivity index (χ2n) is 9.55. The molecule has 1 N–H and O–H groups in total. The van der Waals surface area contributed by atoms with E-state index >= 15 is 0 Å². The van der Waals surface area contributed by atoms with Crippen LogP contribution in [-0.4, -0.2) is 43.8 Å². The molecule has 0 bridgehead atoms. The number of carbonyl (C=O) groups excluding carboxylic acids is 2. The number of benzene rings is 3. The molecule has 3 aromatic rings. The van der Waals surface area contributed by atoms with Crippen LogP contribution in [0.5, 0.6) is 0 Å². The Hall–Kier alpha value is -3.36. The average molecular weight is 556 g/mol. The summed E-state index contributed by atoms with van der Waals surface area (Å²) in [5.74, 6) is -0.839. The molecule has 1 unspecified atom stereocenters. The maximum absolute atomic E-state index is 13.9. The SMILES string of the molecule is Cc1ccc(N(CC(=O)N(Cc2ccccc2C)C(C)C(=O)NC(C)C)S(=O)(=O)c2ccccc2)cc1Cl. The van der Waals surface area contributed by atoms with Crippen LogP contribution in [0.15, 0.2) is 77.7 Å². The number of amides is 2. The van der Waals surface area contributed by atoms with Crippen LogP contribution in [0.4, 0.5) is 5.69 Å². The van der Waals surface area contributed by atoms with Gasteiger partial charge in [-0.05, 0) is 75.6 Å². The van der Waals surface area contributed by atoms with E-state index in [1.807, 2.05) is 52.0 Å². The molecule has 0 spiro atoms. The zero-order valence-electron chi connectivity index (χ0n) is 22.3. The van der Waals surface area contributed by atoms with Gasteiger partial charge in [0.15, 0.2) is 0 Å². The maximum atomic E-state index is 13.9. The van der Waals surface area contributed by atoms with Gasteiger partial charge >= 0.3 is 0 Å². The summed E-state index contributed by atoms with van der Waals surface area (Å²) < 4.78 is 28.6. The normalized spacial score (nSPS) is 12.2. The molecule has 1 atom stereocenters. The summed E-state index contributed by atoms with van der Waals surface area (Å²) in [6.07, 6.45) is 0. The highest BCUT2D eigenvalue weighted by Crippen LogP contribution is 2.28. The number of hydrogen-bond donors (Lipinski definition) is 1. The standard InChI is InChI=1S/C29H34ClN3O4S/c1-20(2)31-29(35)23(5)32(18-24-12-10-9-11-21(24)3)28(34)19-33(25-16-15-22(4)27(30)17-25)38(36,37)26-13-7-6-8-14-26/h6-17,20,23H,18-19H2,1-5H3,(H,31,35). The number of hydrogen-bond acceptors (Lipinski definition) is 4. The number of sulfonamides is 1. The third-order valence-corrected chi connectivity index (χ3v) is 8.45. The minimum absolute atomic E-state index is 0.0422. The summed E-state index contributed by atoms with van der Waals surface area (Å²) in [5, 5.41) is 3.23. The van der Waals surface area contributed by atoms with Gasteiger partial charge in [-0.25, -0.2) is 8.42 Å². The van der Waals surface area contributed by atoms with E-state index in [4.69, 9.17) is 11.6 Å². The van der Waals surface area contributed by atoms with Gasteiger partial charge in [-0.2, -0.15) is 0 Å². The highest BCUT2D eigenvalue weighted by Gasteiger charge is 2.33. The van der Waals surface area contributed by atoms with Gasteiger partial charge in [-0.3, -0.25) is 13.9 Å². The molecular formula is C29H34ClN3O4S. The van der Waals surface area contributed by atoms with E-state index < -0.39 is 28.5 Å². The first-order valence-electron chi connectivity index (χ1n) is 12.4. The lowest BCUT2D eigenvalue weighted by Gasteiger charge is -2.32. The van der Waals surface area contributed by atoms with Crippen LogP contribution in [0, 0.1) is 13.8 Å². The molecule has 202 valence electrons. The molecule has 7 nitrogen and oxygen atoms in total. The van der Waals surface area contributed by atoms with Crippen molar-refractivity contribution in [3.63, 3.8) is 0 Å². The van der Waals surface area contributed by atoms with Crippen molar-refractivity contribution in [1.29, 1.82) is 0 Å². The molecule has 0 saturated heterocycles. The van der Waals surface area contributed by atoms with Crippen molar-refractivity contribution in [3.8, 4) is 0 Å². The highest BCUT2D eigenvalue weighted by atomic mass is 35.5. The molecular weight excluding hydrogens is 522 g/mol. The van der Waals surface area contributed by atoms with Crippen molar-refractivity contribution in [2.75, 3.05) is 10.8 Å². The minimum Gasteiger partial charge on any atom is -0.352 e. The van der Waals surface area contributed by atoms with Crippen molar-refractivity contribution in [2.24, 2.45) is 0 Å². The molecule has 0 radical (unpaired) electrons. The van der Waals surface area contributed by atoms with Gasteiger partial charge < -0.3 is 10.2 Å². The van der Waals surface area contributed by atoms with Gasteiger partial charge in [0, 0.05) is 17.6 Å². The number of nitrogens with zero attached hydrogens (tertiary/aromatic N) is 2. The molecule has 0 heterocycles. The molecule has 0 aliphatic carbocycles. The Bertz CT molecular complexity index is 1390. The summed E-state index contributed by atoms with van der Waals surface area (Å²) >= 11 is 6.35. The number of carbonyl (C=O) groups is 2. The smallest absolute Gasteiger partial charge is 0.264 e. The van der Waals surface area contributed by atoms with Crippen molar-refractivity contribution in [1.82, 2.24) is 10.2 Å². The Morgan fingerprint density at radius 2 is 1.53 bits per heavy atom. The molecule has 0 fully saturated rings. The van der Waals surface area contributed by atoms with E-state index in [2.05, 4.69) is 5.32 Å². The molecule has 0 aromatic heterocycles. The fourth-order valence-electron chi connectivity index (χ4n) is 3.94. The molecule has 38 heavy (non-hydrogen) atoms. The second kappa shape index (κ2) is 12.5. The lowest BCUT2D eigenvalue weighted by Crippen LogP contribution is -2.52. The van der Waals surface area contributed by atoms with Gasteiger partial charge in [0.05, 0.1) is 10.6 Å². The van der Waals surface area contributed by atoms with Gasteiger partial charge in [0.25, 0.3) is 10.0 Å². The lowest BCUT2D eigenvalue weighted by atomic mass is 10.1. The van der Waals surface area contributed by atoms with Crippen LogP contribution < -0.4 is 9.62 Å². The summed E-state index contributed by atoms with van der Waals surface area (Å²) in [6, 6.07) is 19.4. The third kappa shape index (κ3) is 6.94. The number of aryl methyl sites for hydroxylation is 2. The monoisotopic (exact) mass is 555 g/mol.